The fourth-order valence-electron chi connectivity index (χ4n) is 2.61. The number of benzene rings is 1. The first kappa shape index (κ1) is 14.6. The minimum absolute atomic E-state index is 0.0340. The molecule has 6 heteroatoms. The Kier molecular flexibility index (Phi) is 4.33. The topological polar surface area (TPSA) is 45.4 Å². The molecule has 1 saturated heterocycles. The fourth-order valence-corrected chi connectivity index (χ4v) is 3.65. The van der Waals surface area contributed by atoms with Crippen molar-refractivity contribution in [2.75, 3.05) is 36.0 Å². The van der Waals surface area contributed by atoms with Crippen molar-refractivity contribution in [2.45, 2.75) is 13.0 Å². The van der Waals surface area contributed by atoms with Gasteiger partial charge in [-0.1, -0.05) is 17.7 Å². The van der Waals surface area contributed by atoms with Crippen molar-refractivity contribution < 1.29 is 0 Å². The van der Waals surface area contributed by atoms with Gasteiger partial charge in [-0.05, 0) is 24.6 Å². The van der Waals surface area contributed by atoms with Crippen molar-refractivity contribution in [3.8, 4) is 0 Å². The van der Waals surface area contributed by atoms with Gasteiger partial charge in [0.15, 0.2) is 5.13 Å². The molecule has 0 amide bonds. The molecule has 3 rings (SSSR count). The van der Waals surface area contributed by atoms with Gasteiger partial charge in [0, 0.05) is 54.5 Å². The number of hydrogen-bond acceptors (Lipinski definition) is 5. The van der Waals surface area contributed by atoms with Crippen LogP contribution in [0.15, 0.2) is 29.8 Å². The number of nitrogens with zero attached hydrogens (tertiary/aromatic N) is 3. The van der Waals surface area contributed by atoms with Crippen LogP contribution < -0.4 is 15.5 Å². The Morgan fingerprint density at radius 1 is 1.24 bits per heavy atom. The van der Waals surface area contributed by atoms with E-state index in [1.165, 1.54) is 5.69 Å². The summed E-state index contributed by atoms with van der Waals surface area (Å²) in [6.45, 7) is 5.88. The molecule has 0 radical (unpaired) electrons. The van der Waals surface area contributed by atoms with Gasteiger partial charge in [-0.25, -0.2) is 4.98 Å². The molecular weight excluding hydrogens is 304 g/mol. The molecule has 112 valence electrons. The van der Waals surface area contributed by atoms with E-state index in [1.54, 1.807) is 11.3 Å². The summed E-state index contributed by atoms with van der Waals surface area (Å²) < 4.78 is 0. The van der Waals surface area contributed by atoms with E-state index in [-0.39, 0.29) is 6.04 Å². The van der Waals surface area contributed by atoms with Crippen LogP contribution in [-0.2, 0) is 0 Å². The summed E-state index contributed by atoms with van der Waals surface area (Å²) in [7, 11) is 0. The molecule has 0 bridgehead atoms. The van der Waals surface area contributed by atoms with Gasteiger partial charge in [-0.2, -0.15) is 0 Å². The first-order chi connectivity index (χ1) is 10.1. The second-order valence-electron chi connectivity index (χ2n) is 5.28. The van der Waals surface area contributed by atoms with Crippen molar-refractivity contribution in [3.63, 3.8) is 0 Å². The Balaban J connectivity index is 1.68. The van der Waals surface area contributed by atoms with Crippen molar-refractivity contribution in [1.29, 1.82) is 0 Å². The second kappa shape index (κ2) is 6.22. The summed E-state index contributed by atoms with van der Waals surface area (Å²) in [5.74, 6) is 0. The predicted molar refractivity (Wildman–Crippen MR) is 90.6 cm³/mol. The molecule has 4 nitrogen and oxygen atoms in total. The van der Waals surface area contributed by atoms with E-state index in [0.29, 0.717) is 0 Å². The highest BCUT2D eigenvalue weighted by Crippen LogP contribution is 2.28. The van der Waals surface area contributed by atoms with Crippen LogP contribution in [0.25, 0.3) is 0 Å². The third-order valence-electron chi connectivity index (χ3n) is 3.81. The SMILES string of the molecule is CC(N)c1ccc(N2CCN(c3nccs3)CC2)cc1Cl. The predicted octanol–water partition coefficient (Wildman–Crippen LogP) is 3.14. The van der Waals surface area contributed by atoms with Gasteiger partial charge in [0.1, 0.15) is 0 Å². The molecule has 2 aromatic rings. The maximum Gasteiger partial charge on any atom is 0.185 e. The second-order valence-corrected chi connectivity index (χ2v) is 6.56. The van der Waals surface area contributed by atoms with Crippen LogP contribution >= 0.6 is 22.9 Å². The van der Waals surface area contributed by atoms with Gasteiger partial charge < -0.3 is 15.5 Å². The normalized spacial score (nSPS) is 17.1. The smallest absolute Gasteiger partial charge is 0.185 e. The third-order valence-corrected chi connectivity index (χ3v) is 4.97. The van der Waals surface area contributed by atoms with E-state index in [1.807, 2.05) is 30.6 Å². The van der Waals surface area contributed by atoms with Gasteiger partial charge in [-0.15, -0.1) is 11.3 Å². The Hall–Kier alpha value is -1.30. The quantitative estimate of drug-likeness (QED) is 0.943. The van der Waals surface area contributed by atoms with Crippen molar-refractivity contribution in [2.24, 2.45) is 5.73 Å². The minimum atomic E-state index is -0.0340. The lowest BCUT2D eigenvalue weighted by molar-refractivity contribution is 0.652. The monoisotopic (exact) mass is 322 g/mol. The third kappa shape index (κ3) is 3.15. The molecule has 1 fully saturated rings. The lowest BCUT2D eigenvalue weighted by Gasteiger charge is -2.36. The van der Waals surface area contributed by atoms with E-state index in [4.69, 9.17) is 17.3 Å². The first-order valence-electron chi connectivity index (χ1n) is 7.09. The molecule has 21 heavy (non-hydrogen) atoms. The van der Waals surface area contributed by atoms with Crippen LogP contribution in [0.2, 0.25) is 5.02 Å². The van der Waals surface area contributed by atoms with Crippen LogP contribution in [0.4, 0.5) is 10.8 Å². The molecule has 1 aromatic heterocycles. The van der Waals surface area contributed by atoms with Crippen molar-refractivity contribution >= 4 is 33.8 Å². The van der Waals surface area contributed by atoms with Gasteiger partial charge in [0.2, 0.25) is 0 Å². The van der Waals surface area contributed by atoms with E-state index in [2.05, 4.69) is 20.9 Å². The van der Waals surface area contributed by atoms with E-state index in [0.717, 1.165) is 41.9 Å². The Morgan fingerprint density at radius 2 is 1.95 bits per heavy atom. The highest BCUT2D eigenvalue weighted by molar-refractivity contribution is 7.13. The number of rotatable bonds is 3. The standard InChI is InChI=1S/C15H19ClN4S/c1-11(17)13-3-2-12(10-14(13)16)19-5-7-20(8-6-19)15-18-4-9-21-15/h2-4,9-11H,5-8,17H2,1H3. The summed E-state index contributed by atoms with van der Waals surface area (Å²) in [6, 6.07) is 6.15. The summed E-state index contributed by atoms with van der Waals surface area (Å²) in [5, 5.41) is 3.89. The number of nitrogens with two attached hydrogens (primary N) is 1. The highest BCUT2D eigenvalue weighted by atomic mass is 35.5. The molecule has 1 aliphatic rings. The molecular formula is C15H19ClN4S. The highest BCUT2D eigenvalue weighted by Gasteiger charge is 2.19. The van der Waals surface area contributed by atoms with Crippen molar-refractivity contribution in [3.05, 3.63) is 40.4 Å². The van der Waals surface area contributed by atoms with Gasteiger partial charge in [-0.3, -0.25) is 0 Å². The molecule has 2 N–H and O–H groups in total. The van der Waals surface area contributed by atoms with Gasteiger partial charge in [0.05, 0.1) is 0 Å². The molecule has 2 heterocycles. The number of halogens is 1. The van der Waals surface area contributed by atoms with Crippen LogP contribution in [-0.4, -0.2) is 31.2 Å². The lowest BCUT2D eigenvalue weighted by atomic mass is 10.1. The summed E-state index contributed by atoms with van der Waals surface area (Å²) in [6.07, 6.45) is 1.86. The van der Waals surface area contributed by atoms with Gasteiger partial charge >= 0.3 is 0 Å². The average Bonchev–Trinajstić information content (AvgIpc) is 3.01. The molecule has 1 atom stereocenters. The summed E-state index contributed by atoms with van der Waals surface area (Å²) in [4.78, 5) is 9.07. The number of hydrogen-bond donors (Lipinski definition) is 1. The summed E-state index contributed by atoms with van der Waals surface area (Å²) >= 11 is 8.02. The van der Waals surface area contributed by atoms with E-state index in [9.17, 15) is 0 Å². The van der Waals surface area contributed by atoms with Crippen molar-refractivity contribution in [1.82, 2.24) is 4.98 Å². The zero-order chi connectivity index (χ0) is 14.8. The van der Waals surface area contributed by atoms with Crippen LogP contribution in [0.1, 0.15) is 18.5 Å². The minimum Gasteiger partial charge on any atom is -0.368 e. The Labute approximate surface area is 134 Å². The first-order valence-corrected chi connectivity index (χ1v) is 8.35. The molecule has 1 unspecified atom stereocenters. The van der Waals surface area contributed by atoms with E-state index < -0.39 is 0 Å². The zero-order valence-electron chi connectivity index (χ0n) is 12.0. The Bertz CT molecular complexity index is 592. The maximum atomic E-state index is 6.33. The largest absolute Gasteiger partial charge is 0.368 e. The van der Waals surface area contributed by atoms with Crippen LogP contribution in [0, 0.1) is 0 Å². The number of piperazine rings is 1. The zero-order valence-corrected chi connectivity index (χ0v) is 13.6. The number of thiazole rings is 1. The molecule has 1 aromatic carbocycles. The van der Waals surface area contributed by atoms with E-state index >= 15 is 0 Å². The number of anilines is 2. The summed E-state index contributed by atoms with van der Waals surface area (Å²) in [5.41, 5.74) is 8.08. The van der Waals surface area contributed by atoms with Gasteiger partial charge in [0.25, 0.3) is 0 Å². The average molecular weight is 323 g/mol. The molecule has 0 aliphatic carbocycles. The van der Waals surface area contributed by atoms with Crippen LogP contribution in [0.5, 0.6) is 0 Å². The fraction of sp³-hybridized carbons (Fsp3) is 0.400. The lowest BCUT2D eigenvalue weighted by Crippen LogP contribution is -2.46. The molecule has 0 saturated carbocycles. The number of aromatic nitrogens is 1. The molecule has 1 aliphatic heterocycles. The molecule has 0 spiro atoms. The van der Waals surface area contributed by atoms with Crippen LogP contribution in [0.3, 0.4) is 0 Å². The maximum absolute atomic E-state index is 6.33. The Morgan fingerprint density at radius 3 is 2.52 bits per heavy atom.